The lowest BCUT2D eigenvalue weighted by atomic mass is 10.2. The maximum Gasteiger partial charge on any atom is 0.327 e. The summed E-state index contributed by atoms with van der Waals surface area (Å²) in [4.78, 5) is 9.59. The minimum Gasteiger partial charge on any atom is -0.392 e. The molecule has 16 heavy (non-hydrogen) atoms. The van der Waals surface area contributed by atoms with Crippen LogP contribution in [0.5, 0.6) is 0 Å². The van der Waals surface area contributed by atoms with Crippen LogP contribution in [0, 0.1) is 21.7 Å². The van der Waals surface area contributed by atoms with Gasteiger partial charge in [-0.15, -0.1) is 0 Å². The molecular formula is C9H10F2N2O3. The average Bonchev–Trinajstić information content (AvgIpc) is 2.12. The van der Waals surface area contributed by atoms with E-state index < -0.39 is 28.3 Å². The first-order chi connectivity index (χ1) is 7.41. The number of benzene rings is 1. The number of hydrogen-bond donors (Lipinski definition) is 2. The van der Waals surface area contributed by atoms with E-state index in [0.717, 1.165) is 6.07 Å². The van der Waals surface area contributed by atoms with Crippen LogP contribution in [-0.2, 0) is 0 Å². The quantitative estimate of drug-likeness (QED) is 0.611. The predicted molar refractivity (Wildman–Crippen MR) is 53.2 cm³/mol. The number of nitrogens with one attached hydrogen (secondary N) is 1. The predicted octanol–water partition coefficient (Wildman–Crippen LogP) is 1.67. The second-order valence-corrected chi connectivity index (χ2v) is 3.27. The monoisotopic (exact) mass is 232 g/mol. The molecule has 1 aromatic carbocycles. The van der Waals surface area contributed by atoms with Crippen LogP contribution in [0.15, 0.2) is 12.1 Å². The molecule has 5 nitrogen and oxygen atoms in total. The van der Waals surface area contributed by atoms with E-state index in [-0.39, 0.29) is 12.2 Å². The van der Waals surface area contributed by atoms with E-state index in [1.807, 2.05) is 0 Å². The topological polar surface area (TPSA) is 75.4 Å². The molecule has 0 spiro atoms. The van der Waals surface area contributed by atoms with Crippen LogP contribution in [0.3, 0.4) is 0 Å². The van der Waals surface area contributed by atoms with E-state index in [1.165, 1.54) is 6.92 Å². The van der Waals surface area contributed by atoms with E-state index in [1.54, 1.807) is 0 Å². The molecular weight excluding hydrogens is 222 g/mol. The lowest BCUT2D eigenvalue weighted by molar-refractivity contribution is -0.386. The van der Waals surface area contributed by atoms with Crippen molar-refractivity contribution in [3.63, 3.8) is 0 Å². The second kappa shape index (κ2) is 4.84. The van der Waals surface area contributed by atoms with Crippen molar-refractivity contribution >= 4 is 11.4 Å². The van der Waals surface area contributed by atoms with Crippen molar-refractivity contribution in [2.45, 2.75) is 13.0 Å². The molecule has 0 aromatic heterocycles. The van der Waals surface area contributed by atoms with Crippen LogP contribution < -0.4 is 5.32 Å². The molecule has 0 aliphatic rings. The van der Waals surface area contributed by atoms with Crippen LogP contribution in [-0.4, -0.2) is 22.7 Å². The maximum absolute atomic E-state index is 13.1. The number of aliphatic hydroxyl groups excluding tert-OH is 1. The Morgan fingerprint density at radius 3 is 2.69 bits per heavy atom. The first kappa shape index (κ1) is 12.3. The number of nitro groups is 1. The fourth-order valence-electron chi connectivity index (χ4n) is 1.14. The van der Waals surface area contributed by atoms with E-state index in [0.29, 0.717) is 6.07 Å². The molecule has 0 saturated carbocycles. The third-order valence-corrected chi connectivity index (χ3v) is 1.80. The van der Waals surface area contributed by atoms with Gasteiger partial charge in [-0.2, -0.15) is 4.39 Å². The fourth-order valence-corrected chi connectivity index (χ4v) is 1.14. The number of anilines is 1. The van der Waals surface area contributed by atoms with Gasteiger partial charge in [-0.1, -0.05) is 0 Å². The van der Waals surface area contributed by atoms with Crippen LogP contribution in [0.25, 0.3) is 0 Å². The number of hydrogen-bond acceptors (Lipinski definition) is 4. The van der Waals surface area contributed by atoms with Crippen molar-refractivity contribution in [2.24, 2.45) is 0 Å². The summed E-state index contributed by atoms with van der Waals surface area (Å²) in [5.74, 6) is -2.17. The number of nitrogens with zero attached hydrogens (tertiary/aromatic N) is 1. The molecule has 1 unspecified atom stereocenters. The van der Waals surface area contributed by atoms with Gasteiger partial charge in [0.2, 0.25) is 5.82 Å². The summed E-state index contributed by atoms with van der Waals surface area (Å²) in [6.07, 6.45) is -0.786. The van der Waals surface area contributed by atoms with Crippen molar-refractivity contribution in [1.29, 1.82) is 0 Å². The standard InChI is InChI=1S/C9H10F2N2O3/c1-5(14)4-12-8-3-6(10)2-7(11)9(8)13(15)16/h2-3,5,12,14H,4H2,1H3. The van der Waals surface area contributed by atoms with Gasteiger partial charge in [0.15, 0.2) is 0 Å². The molecule has 1 aromatic rings. The zero-order valence-electron chi connectivity index (χ0n) is 8.41. The van der Waals surface area contributed by atoms with Gasteiger partial charge < -0.3 is 10.4 Å². The van der Waals surface area contributed by atoms with Crippen molar-refractivity contribution < 1.29 is 18.8 Å². The van der Waals surface area contributed by atoms with Gasteiger partial charge in [-0.05, 0) is 6.92 Å². The van der Waals surface area contributed by atoms with Crippen molar-refractivity contribution in [3.8, 4) is 0 Å². The zero-order valence-corrected chi connectivity index (χ0v) is 8.41. The van der Waals surface area contributed by atoms with Gasteiger partial charge in [0.1, 0.15) is 11.5 Å². The van der Waals surface area contributed by atoms with E-state index in [4.69, 9.17) is 5.11 Å². The Balaban J connectivity index is 3.09. The average molecular weight is 232 g/mol. The molecule has 1 atom stereocenters. The third kappa shape index (κ3) is 2.86. The molecule has 7 heteroatoms. The largest absolute Gasteiger partial charge is 0.392 e. The maximum atomic E-state index is 13.1. The first-order valence-corrected chi connectivity index (χ1v) is 4.47. The van der Waals surface area contributed by atoms with Crippen LogP contribution in [0.1, 0.15) is 6.92 Å². The number of halogens is 2. The summed E-state index contributed by atoms with van der Waals surface area (Å²) in [6.45, 7) is 1.40. The Bertz CT molecular complexity index is 410. The van der Waals surface area contributed by atoms with Gasteiger partial charge >= 0.3 is 5.69 Å². The fraction of sp³-hybridized carbons (Fsp3) is 0.333. The summed E-state index contributed by atoms with van der Waals surface area (Å²) in [5, 5.41) is 21.9. The minimum absolute atomic E-state index is 0.0380. The third-order valence-electron chi connectivity index (χ3n) is 1.80. The van der Waals surface area contributed by atoms with Crippen molar-refractivity contribution in [1.82, 2.24) is 0 Å². The molecule has 0 heterocycles. The van der Waals surface area contributed by atoms with Crippen LogP contribution in [0.4, 0.5) is 20.2 Å². The van der Waals surface area contributed by atoms with Crippen molar-refractivity contribution in [2.75, 3.05) is 11.9 Å². The molecule has 0 amide bonds. The molecule has 0 fully saturated rings. The molecule has 0 radical (unpaired) electrons. The molecule has 0 bridgehead atoms. The van der Waals surface area contributed by atoms with E-state index in [9.17, 15) is 18.9 Å². The Hall–Kier alpha value is -1.76. The minimum atomic E-state index is -1.25. The number of nitro benzene ring substituents is 1. The highest BCUT2D eigenvalue weighted by atomic mass is 19.1. The van der Waals surface area contributed by atoms with Gasteiger partial charge in [-0.25, -0.2) is 4.39 Å². The highest BCUT2D eigenvalue weighted by Crippen LogP contribution is 2.28. The van der Waals surface area contributed by atoms with Gasteiger partial charge in [-0.3, -0.25) is 10.1 Å². The molecule has 0 aliphatic heterocycles. The summed E-state index contributed by atoms with van der Waals surface area (Å²) < 4.78 is 25.9. The highest BCUT2D eigenvalue weighted by molar-refractivity contribution is 5.62. The normalized spacial score (nSPS) is 12.2. The highest BCUT2D eigenvalue weighted by Gasteiger charge is 2.21. The molecule has 0 saturated heterocycles. The molecule has 2 N–H and O–H groups in total. The Morgan fingerprint density at radius 2 is 2.19 bits per heavy atom. The molecule has 1 rings (SSSR count). The summed E-state index contributed by atoms with van der Waals surface area (Å²) in [5.41, 5.74) is -1.12. The SMILES string of the molecule is CC(O)CNc1cc(F)cc(F)c1[N+](=O)[O-]. The van der Waals surface area contributed by atoms with Gasteiger partial charge in [0, 0.05) is 18.7 Å². The van der Waals surface area contributed by atoms with E-state index in [2.05, 4.69) is 5.32 Å². The number of rotatable bonds is 4. The van der Waals surface area contributed by atoms with Crippen LogP contribution in [0.2, 0.25) is 0 Å². The summed E-state index contributed by atoms with van der Waals surface area (Å²) in [6, 6.07) is 1.25. The van der Waals surface area contributed by atoms with Gasteiger partial charge in [0.05, 0.1) is 11.0 Å². The van der Waals surface area contributed by atoms with Crippen LogP contribution >= 0.6 is 0 Å². The van der Waals surface area contributed by atoms with Crippen molar-refractivity contribution in [3.05, 3.63) is 33.9 Å². The Kier molecular flexibility index (Phi) is 3.73. The molecule has 0 aliphatic carbocycles. The molecule has 88 valence electrons. The summed E-state index contributed by atoms with van der Waals surface area (Å²) in [7, 11) is 0. The summed E-state index contributed by atoms with van der Waals surface area (Å²) >= 11 is 0. The second-order valence-electron chi connectivity index (χ2n) is 3.27. The first-order valence-electron chi connectivity index (χ1n) is 4.47. The van der Waals surface area contributed by atoms with Gasteiger partial charge in [0.25, 0.3) is 0 Å². The Morgan fingerprint density at radius 1 is 1.56 bits per heavy atom. The lowest BCUT2D eigenvalue weighted by Gasteiger charge is -2.09. The zero-order chi connectivity index (χ0) is 12.3. The van der Waals surface area contributed by atoms with E-state index >= 15 is 0 Å². The Labute approximate surface area is 89.9 Å². The number of aliphatic hydroxyl groups is 1. The smallest absolute Gasteiger partial charge is 0.327 e. The lowest BCUT2D eigenvalue weighted by Crippen LogP contribution is -2.16.